The molecule has 0 aliphatic rings. The van der Waals surface area contributed by atoms with E-state index in [2.05, 4.69) is 22.5 Å². The number of rotatable bonds is 2. The summed E-state index contributed by atoms with van der Waals surface area (Å²) >= 11 is 3.14. The zero-order valence-corrected chi connectivity index (χ0v) is 7.87. The van der Waals surface area contributed by atoms with Crippen molar-refractivity contribution in [2.75, 3.05) is 0 Å². The van der Waals surface area contributed by atoms with E-state index in [1.54, 1.807) is 0 Å². The van der Waals surface area contributed by atoms with Crippen molar-refractivity contribution in [3.8, 4) is 0 Å². The first-order valence-corrected chi connectivity index (χ1v) is 4.16. The fourth-order valence-corrected chi connectivity index (χ4v) is 1.19. The van der Waals surface area contributed by atoms with Gasteiger partial charge in [0, 0.05) is 6.42 Å². The van der Waals surface area contributed by atoms with Crippen molar-refractivity contribution in [3.63, 3.8) is 0 Å². The third-order valence-electron chi connectivity index (χ3n) is 1.38. The predicted molar refractivity (Wildman–Crippen MR) is 48.1 cm³/mol. The molecule has 0 fully saturated rings. The maximum Gasteiger partial charge on any atom is 0.159 e. The third-order valence-corrected chi connectivity index (χ3v) is 1.66. The molecule has 0 saturated carbocycles. The van der Waals surface area contributed by atoms with Crippen LogP contribution in [-0.4, -0.2) is 0 Å². The number of hydrogen-bond acceptors (Lipinski definition) is 0. The minimum atomic E-state index is -0.820. The summed E-state index contributed by atoms with van der Waals surface area (Å²) in [5, 5.41) is 0. The van der Waals surface area contributed by atoms with Gasteiger partial charge in [-0.25, -0.2) is 8.78 Å². The number of halogens is 3. The normalized spacial score (nSPS) is 9.92. The molecular weight excluding hydrogens is 226 g/mol. The van der Waals surface area contributed by atoms with E-state index in [1.807, 2.05) is 0 Å². The average Bonchev–Trinajstić information content (AvgIpc) is 1.96. The molecule has 0 amide bonds. The van der Waals surface area contributed by atoms with Crippen molar-refractivity contribution < 1.29 is 8.78 Å². The van der Waals surface area contributed by atoms with E-state index in [0.717, 1.165) is 10.5 Å². The van der Waals surface area contributed by atoms with Crippen LogP contribution in [0.5, 0.6) is 0 Å². The van der Waals surface area contributed by atoms with Crippen LogP contribution in [0.4, 0.5) is 8.78 Å². The molecule has 64 valence electrons. The zero-order valence-electron chi connectivity index (χ0n) is 6.28. The van der Waals surface area contributed by atoms with Gasteiger partial charge < -0.3 is 0 Å². The van der Waals surface area contributed by atoms with Gasteiger partial charge in [-0.1, -0.05) is 28.6 Å². The summed E-state index contributed by atoms with van der Waals surface area (Å²) in [6.45, 7) is 3.60. The predicted octanol–water partition coefficient (Wildman–Crippen LogP) is 3.42. The Kier molecular flexibility index (Phi) is 2.98. The summed E-state index contributed by atoms with van der Waals surface area (Å²) in [5.41, 5.74) is 0.704. The molecule has 1 rings (SSSR count). The van der Waals surface area contributed by atoms with Crippen LogP contribution in [0, 0.1) is 11.6 Å². The topological polar surface area (TPSA) is 0 Å². The second kappa shape index (κ2) is 3.81. The summed E-state index contributed by atoms with van der Waals surface area (Å²) in [6, 6.07) is 3.81. The van der Waals surface area contributed by atoms with Crippen LogP contribution in [0.25, 0.3) is 0 Å². The van der Waals surface area contributed by atoms with E-state index < -0.39 is 11.6 Å². The number of hydrogen-bond donors (Lipinski definition) is 0. The van der Waals surface area contributed by atoms with Gasteiger partial charge in [0.15, 0.2) is 11.6 Å². The molecule has 0 nitrogen and oxygen atoms in total. The van der Waals surface area contributed by atoms with Crippen molar-refractivity contribution in [2.24, 2.45) is 0 Å². The smallest absolute Gasteiger partial charge is 0.159 e. The molecule has 0 aromatic heterocycles. The van der Waals surface area contributed by atoms with E-state index in [-0.39, 0.29) is 0 Å². The molecule has 12 heavy (non-hydrogen) atoms. The fourth-order valence-electron chi connectivity index (χ4n) is 0.871. The maximum absolute atomic E-state index is 12.6. The first-order valence-electron chi connectivity index (χ1n) is 3.37. The van der Waals surface area contributed by atoms with Gasteiger partial charge in [0.1, 0.15) is 0 Å². The maximum atomic E-state index is 12.6. The molecule has 0 heterocycles. The third kappa shape index (κ3) is 2.41. The summed E-state index contributed by atoms with van der Waals surface area (Å²) in [7, 11) is 0. The largest absolute Gasteiger partial charge is 0.204 e. The number of benzene rings is 1. The first kappa shape index (κ1) is 9.39. The zero-order chi connectivity index (χ0) is 9.14. The molecular formula is C9H7BrF2. The Labute approximate surface area is 78.0 Å². The molecule has 0 atom stereocenters. The van der Waals surface area contributed by atoms with Gasteiger partial charge in [0.05, 0.1) is 0 Å². The van der Waals surface area contributed by atoms with Crippen molar-refractivity contribution in [1.82, 2.24) is 0 Å². The molecule has 0 aliphatic carbocycles. The SMILES string of the molecule is C=C(Br)Cc1ccc(F)c(F)c1. The van der Waals surface area contributed by atoms with Gasteiger partial charge in [-0.05, 0) is 22.2 Å². The summed E-state index contributed by atoms with van der Waals surface area (Å²) in [4.78, 5) is 0. The minimum absolute atomic E-state index is 0.511. The van der Waals surface area contributed by atoms with E-state index in [0.29, 0.717) is 12.0 Å². The van der Waals surface area contributed by atoms with Gasteiger partial charge in [-0.3, -0.25) is 0 Å². The Morgan fingerprint density at radius 3 is 2.50 bits per heavy atom. The standard InChI is InChI=1S/C9H7BrF2/c1-6(10)4-7-2-3-8(11)9(12)5-7/h2-3,5H,1,4H2. The van der Waals surface area contributed by atoms with Crippen LogP contribution in [0.1, 0.15) is 5.56 Å². The lowest BCUT2D eigenvalue weighted by atomic mass is 10.1. The van der Waals surface area contributed by atoms with Crippen LogP contribution in [0.3, 0.4) is 0 Å². The van der Waals surface area contributed by atoms with Gasteiger partial charge >= 0.3 is 0 Å². The first-order chi connectivity index (χ1) is 5.59. The Bertz CT molecular complexity index is 307. The molecule has 0 radical (unpaired) electrons. The molecule has 0 saturated heterocycles. The van der Waals surface area contributed by atoms with E-state index in [1.165, 1.54) is 12.1 Å². The monoisotopic (exact) mass is 232 g/mol. The van der Waals surface area contributed by atoms with Crippen LogP contribution in [0.15, 0.2) is 29.3 Å². The van der Waals surface area contributed by atoms with E-state index in [9.17, 15) is 8.78 Å². The van der Waals surface area contributed by atoms with Crippen molar-refractivity contribution >= 4 is 15.9 Å². The lowest BCUT2D eigenvalue weighted by Gasteiger charge is -1.99. The summed E-state index contributed by atoms with van der Waals surface area (Å²) in [6.07, 6.45) is 0.511. The lowest BCUT2D eigenvalue weighted by Crippen LogP contribution is -1.88. The summed E-state index contributed by atoms with van der Waals surface area (Å²) in [5.74, 6) is -1.64. The second-order valence-electron chi connectivity index (χ2n) is 2.44. The molecule has 0 bridgehead atoms. The van der Waals surface area contributed by atoms with Crippen molar-refractivity contribution in [3.05, 3.63) is 46.5 Å². The Morgan fingerprint density at radius 1 is 1.33 bits per heavy atom. The molecule has 1 aromatic rings. The van der Waals surface area contributed by atoms with Gasteiger partial charge in [-0.15, -0.1) is 0 Å². The molecule has 1 aromatic carbocycles. The highest BCUT2D eigenvalue weighted by atomic mass is 79.9. The Morgan fingerprint density at radius 2 is 2.00 bits per heavy atom. The van der Waals surface area contributed by atoms with Crippen LogP contribution >= 0.6 is 15.9 Å². The van der Waals surface area contributed by atoms with Crippen LogP contribution in [0.2, 0.25) is 0 Å². The highest BCUT2D eigenvalue weighted by Crippen LogP contribution is 2.14. The average molecular weight is 233 g/mol. The molecule has 0 aliphatic heterocycles. The molecule has 3 heteroatoms. The quantitative estimate of drug-likeness (QED) is 0.734. The minimum Gasteiger partial charge on any atom is -0.204 e. The highest BCUT2D eigenvalue weighted by Gasteiger charge is 2.02. The second-order valence-corrected chi connectivity index (χ2v) is 3.56. The van der Waals surface area contributed by atoms with E-state index in [4.69, 9.17) is 0 Å². The summed E-state index contributed by atoms with van der Waals surface area (Å²) < 4.78 is 25.8. The lowest BCUT2D eigenvalue weighted by molar-refractivity contribution is 0.507. The van der Waals surface area contributed by atoms with Crippen molar-refractivity contribution in [2.45, 2.75) is 6.42 Å². The highest BCUT2D eigenvalue weighted by molar-refractivity contribution is 9.11. The number of allylic oxidation sites excluding steroid dienone is 1. The van der Waals surface area contributed by atoms with Gasteiger partial charge in [0.25, 0.3) is 0 Å². The molecule has 0 spiro atoms. The van der Waals surface area contributed by atoms with E-state index >= 15 is 0 Å². The molecule has 0 N–H and O–H groups in total. The Balaban J connectivity index is 2.89. The van der Waals surface area contributed by atoms with Crippen LogP contribution < -0.4 is 0 Å². The van der Waals surface area contributed by atoms with Gasteiger partial charge in [-0.2, -0.15) is 0 Å². The van der Waals surface area contributed by atoms with Crippen molar-refractivity contribution in [1.29, 1.82) is 0 Å². The van der Waals surface area contributed by atoms with Gasteiger partial charge in [0.2, 0.25) is 0 Å². The van der Waals surface area contributed by atoms with Crippen LogP contribution in [-0.2, 0) is 6.42 Å². The fraction of sp³-hybridized carbons (Fsp3) is 0.111. The molecule has 0 unspecified atom stereocenters. The Hall–Kier alpha value is -0.700.